The van der Waals surface area contributed by atoms with Crippen LogP contribution < -0.4 is 10.1 Å². The molecule has 1 aromatic carbocycles. The van der Waals surface area contributed by atoms with Crippen molar-refractivity contribution in [2.45, 2.75) is 6.54 Å². The zero-order chi connectivity index (χ0) is 12.3. The van der Waals surface area contributed by atoms with E-state index in [1.165, 1.54) is 0 Å². The Balaban J connectivity index is 2.10. The van der Waals surface area contributed by atoms with Crippen molar-refractivity contribution >= 4 is 21.6 Å². The molecule has 0 aliphatic rings. The lowest BCUT2D eigenvalue weighted by Gasteiger charge is -2.10. The van der Waals surface area contributed by atoms with Crippen molar-refractivity contribution < 1.29 is 4.74 Å². The zero-order valence-corrected chi connectivity index (χ0v) is 11.2. The van der Waals surface area contributed by atoms with Gasteiger partial charge in [0.05, 0.1) is 19.3 Å². The largest absolute Gasteiger partial charge is 0.495 e. The number of hydrogen-bond donors (Lipinski definition) is 1. The molecule has 0 atom stereocenters. The van der Waals surface area contributed by atoms with Gasteiger partial charge in [-0.05, 0) is 18.2 Å². The minimum absolute atomic E-state index is 0.612. The van der Waals surface area contributed by atoms with E-state index >= 15 is 0 Å². The molecule has 0 saturated carbocycles. The highest BCUT2D eigenvalue weighted by molar-refractivity contribution is 9.10. The van der Waals surface area contributed by atoms with Gasteiger partial charge in [-0.15, -0.1) is 5.10 Å². The van der Waals surface area contributed by atoms with E-state index in [0.29, 0.717) is 6.54 Å². The summed E-state index contributed by atoms with van der Waals surface area (Å²) in [7, 11) is 3.49. The Bertz CT molecular complexity index is 512. The van der Waals surface area contributed by atoms with Crippen LogP contribution in [0.25, 0.3) is 0 Å². The van der Waals surface area contributed by atoms with Crippen LogP contribution in [-0.4, -0.2) is 22.1 Å². The van der Waals surface area contributed by atoms with Gasteiger partial charge in [-0.2, -0.15) is 0 Å². The third-order valence-electron chi connectivity index (χ3n) is 2.27. The normalized spacial score (nSPS) is 10.3. The lowest BCUT2D eigenvalue weighted by atomic mass is 10.3. The van der Waals surface area contributed by atoms with Gasteiger partial charge in [-0.1, -0.05) is 21.1 Å². The molecule has 0 amide bonds. The van der Waals surface area contributed by atoms with Crippen molar-refractivity contribution in [3.05, 3.63) is 34.6 Å². The zero-order valence-electron chi connectivity index (χ0n) is 9.64. The lowest BCUT2D eigenvalue weighted by molar-refractivity contribution is 0.416. The Hall–Kier alpha value is -1.56. The number of nitrogens with zero attached hydrogens (tertiary/aromatic N) is 3. The third-order valence-corrected chi connectivity index (χ3v) is 2.76. The second-order valence-corrected chi connectivity index (χ2v) is 4.50. The summed E-state index contributed by atoms with van der Waals surface area (Å²) in [5.74, 6) is 0.803. The van der Waals surface area contributed by atoms with Crippen LogP contribution in [-0.2, 0) is 13.6 Å². The van der Waals surface area contributed by atoms with Crippen LogP contribution in [0.4, 0.5) is 5.69 Å². The van der Waals surface area contributed by atoms with Crippen LogP contribution in [0.15, 0.2) is 28.9 Å². The minimum atomic E-state index is 0.612. The predicted octanol–water partition coefficient (Wildman–Crippen LogP) is 2.20. The SMILES string of the molecule is COc1ccc(Br)cc1NCc1cn(C)nn1. The highest BCUT2D eigenvalue weighted by Crippen LogP contribution is 2.28. The first kappa shape index (κ1) is 11.9. The maximum Gasteiger partial charge on any atom is 0.142 e. The second kappa shape index (κ2) is 5.18. The first-order chi connectivity index (χ1) is 8.19. The molecule has 0 radical (unpaired) electrons. The summed E-state index contributed by atoms with van der Waals surface area (Å²) in [5, 5.41) is 11.1. The maximum atomic E-state index is 5.27. The fraction of sp³-hybridized carbons (Fsp3) is 0.273. The van der Waals surface area contributed by atoms with E-state index in [9.17, 15) is 0 Å². The van der Waals surface area contributed by atoms with Gasteiger partial charge >= 0.3 is 0 Å². The smallest absolute Gasteiger partial charge is 0.142 e. The van der Waals surface area contributed by atoms with Gasteiger partial charge in [0.25, 0.3) is 0 Å². The van der Waals surface area contributed by atoms with Crippen LogP contribution in [0.5, 0.6) is 5.75 Å². The minimum Gasteiger partial charge on any atom is -0.495 e. The fourth-order valence-electron chi connectivity index (χ4n) is 1.48. The van der Waals surface area contributed by atoms with Gasteiger partial charge in [0.15, 0.2) is 0 Å². The topological polar surface area (TPSA) is 52.0 Å². The quantitative estimate of drug-likeness (QED) is 0.940. The molecule has 5 nitrogen and oxygen atoms in total. The van der Waals surface area contributed by atoms with Gasteiger partial charge in [0, 0.05) is 17.7 Å². The molecule has 0 saturated heterocycles. The number of nitrogens with one attached hydrogen (secondary N) is 1. The number of aryl methyl sites for hydroxylation is 1. The van der Waals surface area contributed by atoms with E-state index in [1.54, 1.807) is 11.8 Å². The summed E-state index contributed by atoms with van der Waals surface area (Å²) in [4.78, 5) is 0. The molecule has 0 aliphatic heterocycles. The van der Waals surface area contributed by atoms with Crippen molar-refractivity contribution in [1.82, 2.24) is 15.0 Å². The molecule has 0 aliphatic carbocycles. The number of aromatic nitrogens is 3. The predicted molar refractivity (Wildman–Crippen MR) is 69.0 cm³/mol. The monoisotopic (exact) mass is 296 g/mol. The molecule has 0 spiro atoms. The van der Waals surface area contributed by atoms with Crippen molar-refractivity contribution in [2.75, 3.05) is 12.4 Å². The van der Waals surface area contributed by atoms with Gasteiger partial charge < -0.3 is 10.1 Å². The summed E-state index contributed by atoms with van der Waals surface area (Å²) < 4.78 is 7.95. The lowest BCUT2D eigenvalue weighted by Crippen LogP contribution is -2.01. The van der Waals surface area contributed by atoms with E-state index in [-0.39, 0.29) is 0 Å². The molecule has 0 unspecified atom stereocenters. The Morgan fingerprint density at radius 2 is 2.29 bits per heavy atom. The summed E-state index contributed by atoms with van der Waals surface area (Å²) in [6, 6.07) is 5.81. The van der Waals surface area contributed by atoms with Crippen molar-refractivity contribution in [3.8, 4) is 5.75 Å². The Labute approximate surface area is 108 Å². The first-order valence-electron chi connectivity index (χ1n) is 5.11. The van der Waals surface area contributed by atoms with Crippen LogP contribution in [0.3, 0.4) is 0 Å². The van der Waals surface area contributed by atoms with Crippen molar-refractivity contribution in [2.24, 2.45) is 7.05 Å². The summed E-state index contributed by atoms with van der Waals surface area (Å²) in [6.45, 7) is 0.612. The molecular formula is C11H13BrN4O. The van der Waals surface area contributed by atoms with Gasteiger partial charge in [-0.25, -0.2) is 0 Å². The Morgan fingerprint density at radius 3 is 2.94 bits per heavy atom. The third kappa shape index (κ3) is 2.97. The maximum absolute atomic E-state index is 5.27. The van der Waals surface area contributed by atoms with Crippen molar-refractivity contribution in [3.63, 3.8) is 0 Å². The molecule has 0 fully saturated rings. The number of rotatable bonds is 4. The molecule has 1 heterocycles. The molecule has 90 valence electrons. The first-order valence-corrected chi connectivity index (χ1v) is 5.91. The molecular weight excluding hydrogens is 284 g/mol. The second-order valence-electron chi connectivity index (χ2n) is 3.58. The molecule has 2 aromatic rings. The van der Waals surface area contributed by atoms with Crippen LogP contribution >= 0.6 is 15.9 Å². The molecule has 1 N–H and O–H groups in total. The standard InChI is InChI=1S/C11H13BrN4O/c1-16-7-9(14-15-16)6-13-10-5-8(12)3-4-11(10)17-2/h3-5,7,13H,6H2,1-2H3. The Morgan fingerprint density at radius 1 is 1.47 bits per heavy atom. The summed E-state index contributed by atoms with van der Waals surface area (Å²) >= 11 is 3.43. The molecule has 6 heteroatoms. The number of benzene rings is 1. The number of methoxy groups -OCH3 is 1. The van der Waals surface area contributed by atoms with Crippen LogP contribution in [0.2, 0.25) is 0 Å². The van der Waals surface area contributed by atoms with E-state index in [0.717, 1.165) is 21.6 Å². The molecule has 17 heavy (non-hydrogen) atoms. The van der Waals surface area contributed by atoms with Gasteiger partial charge in [0.1, 0.15) is 11.4 Å². The van der Waals surface area contributed by atoms with Crippen molar-refractivity contribution in [1.29, 1.82) is 0 Å². The van der Waals surface area contributed by atoms with Gasteiger partial charge in [0.2, 0.25) is 0 Å². The average Bonchev–Trinajstić information content (AvgIpc) is 2.73. The van der Waals surface area contributed by atoms with Gasteiger partial charge in [-0.3, -0.25) is 4.68 Å². The van der Waals surface area contributed by atoms with E-state index in [4.69, 9.17) is 4.74 Å². The number of anilines is 1. The average molecular weight is 297 g/mol. The van der Waals surface area contributed by atoms with E-state index in [2.05, 4.69) is 31.6 Å². The highest BCUT2D eigenvalue weighted by Gasteiger charge is 2.04. The van der Waals surface area contributed by atoms with Crippen LogP contribution in [0, 0.1) is 0 Å². The number of hydrogen-bond acceptors (Lipinski definition) is 4. The molecule has 0 bridgehead atoms. The molecule has 1 aromatic heterocycles. The highest BCUT2D eigenvalue weighted by atomic mass is 79.9. The van der Waals surface area contributed by atoms with E-state index < -0.39 is 0 Å². The number of halogens is 1. The Kier molecular flexibility index (Phi) is 3.63. The van der Waals surface area contributed by atoms with E-state index in [1.807, 2.05) is 31.4 Å². The number of ether oxygens (including phenoxy) is 1. The fourth-order valence-corrected chi connectivity index (χ4v) is 1.84. The molecule has 2 rings (SSSR count). The summed E-state index contributed by atoms with van der Waals surface area (Å²) in [6.07, 6.45) is 1.87. The summed E-state index contributed by atoms with van der Waals surface area (Å²) in [5.41, 5.74) is 1.81. The van der Waals surface area contributed by atoms with Crippen LogP contribution in [0.1, 0.15) is 5.69 Å².